The summed E-state index contributed by atoms with van der Waals surface area (Å²) in [6.45, 7) is 1.97. The molecule has 0 bridgehead atoms. The first-order chi connectivity index (χ1) is 17.4. The van der Waals surface area contributed by atoms with Crippen molar-refractivity contribution in [2.75, 3.05) is 31.0 Å². The molecule has 1 fully saturated rings. The van der Waals surface area contributed by atoms with Gasteiger partial charge in [-0.25, -0.2) is 9.00 Å². The molecule has 0 aromatic heterocycles. The van der Waals surface area contributed by atoms with Crippen LogP contribution in [0.4, 0.5) is 5.69 Å². The van der Waals surface area contributed by atoms with Crippen LogP contribution in [0.2, 0.25) is 0 Å². The van der Waals surface area contributed by atoms with Gasteiger partial charge < -0.3 is 14.7 Å². The second-order valence-corrected chi connectivity index (χ2v) is 9.89. The third-order valence-corrected chi connectivity index (χ3v) is 7.81. The molecule has 0 saturated carbocycles. The Balaban J connectivity index is 1.46. The molecule has 0 amide bonds. The van der Waals surface area contributed by atoms with Crippen LogP contribution in [0.25, 0.3) is 11.1 Å². The Morgan fingerprint density at radius 1 is 0.972 bits per heavy atom. The first-order valence-electron chi connectivity index (χ1n) is 12.1. The zero-order chi connectivity index (χ0) is 25.5. The molecule has 1 saturated heterocycles. The van der Waals surface area contributed by atoms with E-state index in [4.69, 9.17) is 4.74 Å². The summed E-state index contributed by atoms with van der Waals surface area (Å²) in [6, 6.07) is 25.0. The van der Waals surface area contributed by atoms with Crippen molar-refractivity contribution in [3.8, 4) is 16.9 Å². The zero-order valence-electron chi connectivity index (χ0n) is 20.4. The molecule has 36 heavy (non-hydrogen) atoms. The largest absolute Gasteiger partial charge is 0.497 e. The summed E-state index contributed by atoms with van der Waals surface area (Å²) in [5.74, 6) is -0.319. The number of carbonyl (C=O) groups is 1. The summed E-state index contributed by atoms with van der Waals surface area (Å²) in [4.78, 5) is 14.8. The third-order valence-electron chi connectivity index (χ3n) is 6.93. The van der Waals surface area contributed by atoms with Crippen LogP contribution in [0.1, 0.15) is 24.8 Å². The number of ether oxygens (including phenoxy) is 1. The fourth-order valence-electron chi connectivity index (χ4n) is 4.86. The number of methoxy groups -OCH3 is 1. The molecule has 1 heterocycles. The van der Waals surface area contributed by atoms with Crippen LogP contribution in [0.15, 0.2) is 78.9 Å². The lowest BCUT2D eigenvalue weighted by molar-refractivity contribution is -0.144. The third kappa shape index (κ3) is 5.78. The van der Waals surface area contributed by atoms with Crippen LogP contribution >= 0.6 is 0 Å². The number of hydrogen-bond acceptors (Lipinski definition) is 4. The standard InChI is InChI=1S/C28H32N2O5S/c1-35-26-15-11-24(12-16-26)23-9-13-25(14-10-23)30(36(33)34)28(27(31)32)17-20-29(21-18-28)19-5-8-22-6-3-2-4-7-22/h2-4,6-7,9-16H,5,8,17-21H2,1H3,(H,31,32)(H,33,34). The Bertz CT molecular complexity index is 1160. The maximum absolute atomic E-state index is 12.5. The van der Waals surface area contributed by atoms with Gasteiger partial charge in [-0.2, -0.15) is 0 Å². The van der Waals surface area contributed by atoms with Crippen molar-refractivity contribution in [2.24, 2.45) is 0 Å². The van der Waals surface area contributed by atoms with E-state index in [1.165, 1.54) is 5.56 Å². The number of likely N-dealkylation sites (tertiary alicyclic amines) is 1. The van der Waals surface area contributed by atoms with E-state index < -0.39 is 22.8 Å². The summed E-state index contributed by atoms with van der Waals surface area (Å²) in [5, 5.41) is 10.2. The average Bonchev–Trinajstić information content (AvgIpc) is 2.90. The Morgan fingerprint density at radius 2 is 1.56 bits per heavy atom. The van der Waals surface area contributed by atoms with E-state index in [2.05, 4.69) is 17.0 Å². The molecule has 1 aliphatic rings. The number of hydrogen-bond donors (Lipinski definition) is 2. The lowest BCUT2D eigenvalue weighted by Gasteiger charge is -2.44. The van der Waals surface area contributed by atoms with E-state index in [0.29, 0.717) is 18.8 Å². The van der Waals surface area contributed by atoms with Gasteiger partial charge in [-0.15, -0.1) is 0 Å². The van der Waals surface area contributed by atoms with Crippen molar-refractivity contribution in [3.05, 3.63) is 84.4 Å². The molecule has 3 aromatic rings. The minimum atomic E-state index is -2.49. The van der Waals surface area contributed by atoms with Gasteiger partial charge in [0.1, 0.15) is 5.75 Å². The van der Waals surface area contributed by atoms with Gasteiger partial charge in [-0.1, -0.05) is 54.6 Å². The molecule has 1 atom stereocenters. The molecule has 190 valence electrons. The highest BCUT2D eigenvalue weighted by molar-refractivity contribution is 7.80. The predicted octanol–water partition coefficient (Wildman–Crippen LogP) is 4.86. The number of nitrogens with zero attached hydrogens (tertiary/aromatic N) is 2. The van der Waals surface area contributed by atoms with Crippen LogP contribution in [0.3, 0.4) is 0 Å². The molecular weight excluding hydrogens is 476 g/mol. The highest BCUT2D eigenvalue weighted by Crippen LogP contribution is 2.36. The van der Waals surface area contributed by atoms with Crippen molar-refractivity contribution in [1.82, 2.24) is 4.90 Å². The van der Waals surface area contributed by atoms with Crippen LogP contribution in [-0.4, -0.2) is 57.0 Å². The van der Waals surface area contributed by atoms with Gasteiger partial charge in [-0.3, -0.25) is 8.86 Å². The summed E-state index contributed by atoms with van der Waals surface area (Å²) in [5.41, 5.74) is 2.14. The molecule has 8 heteroatoms. The van der Waals surface area contributed by atoms with E-state index in [1.54, 1.807) is 19.2 Å². The van der Waals surface area contributed by atoms with Crippen molar-refractivity contribution >= 4 is 22.9 Å². The quantitative estimate of drug-likeness (QED) is 0.380. The minimum absolute atomic E-state index is 0.264. The normalized spacial score (nSPS) is 16.3. The minimum Gasteiger partial charge on any atom is -0.497 e. The van der Waals surface area contributed by atoms with Crippen LogP contribution in [-0.2, 0) is 22.5 Å². The first-order valence-corrected chi connectivity index (χ1v) is 13.1. The Hall–Kier alpha value is -3.20. The zero-order valence-corrected chi connectivity index (χ0v) is 21.2. The molecule has 1 unspecified atom stereocenters. The maximum Gasteiger partial charge on any atom is 0.330 e. The average molecular weight is 509 g/mol. The Kier molecular flexibility index (Phi) is 8.40. The smallest absolute Gasteiger partial charge is 0.330 e. The van der Waals surface area contributed by atoms with E-state index >= 15 is 0 Å². The number of anilines is 1. The maximum atomic E-state index is 12.5. The number of carboxylic acids is 1. The fraction of sp³-hybridized carbons (Fsp3) is 0.321. The lowest BCUT2D eigenvalue weighted by Crippen LogP contribution is -2.61. The van der Waals surface area contributed by atoms with E-state index in [1.807, 2.05) is 54.6 Å². The van der Waals surface area contributed by atoms with Crippen molar-refractivity contribution in [1.29, 1.82) is 0 Å². The second-order valence-electron chi connectivity index (χ2n) is 9.07. The fourth-order valence-corrected chi connectivity index (χ4v) is 5.72. The Labute approximate surface area is 214 Å². The molecule has 1 aliphatic heterocycles. The second kappa shape index (κ2) is 11.7. The number of carboxylic acid groups (broad SMARTS) is 1. The summed E-state index contributed by atoms with van der Waals surface area (Å²) < 4.78 is 29.1. The highest BCUT2D eigenvalue weighted by Gasteiger charge is 2.49. The molecule has 3 aromatic carbocycles. The topological polar surface area (TPSA) is 90.3 Å². The molecule has 0 spiro atoms. The molecule has 0 aliphatic carbocycles. The number of aliphatic carboxylic acids is 1. The van der Waals surface area contributed by atoms with Gasteiger partial charge in [0.15, 0.2) is 5.54 Å². The molecular formula is C28H32N2O5S. The van der Waals surface area contributed by atoms with Crippen LogP contribution in [0.5, 0.6) is 5.75 Å². The van der Waals surface area contributed by atoms with Crippen LogP contribution < -0.4 is 9.04 Å². The number of piperidine rings is 1. The molecule has 2 N–H and O–H groups in total. The van der Waals surface area contributed by atoms with Gasteiger partial charge in [0.05, 0.1) is 12.8 Å². The van der Waals surface area contributed by atoms with E-state index in [0.717, 1.165) is 40.6 Å². The van der Waals surface area contributed by atoms with Gasteiger partial charge in [0.25, 0.3) is 11.3 Å². The summed E-state index contributed by atoms with van der Waals surface area (Å²) >= 11 is -2.49. The number of benzene rings is 3. The van der Waals surface area contributed by atoms with Crippen molar-refractivity contribution < 1.29 is 23.4 Å². The van der Waals surface area contributed by atoms with Gasteiger partial charge in [0, 0.05) is 13.1 Å². The number of rotatable bonds is 10. The molecule has 7 nitrogen and oxygen atoms in total. The van der Waals surface area contributed by atoms with Crippen molar-refractivity contribution in [3.63, 3.8) is 0 Å². The van der Waals surface area contributed by atoms with Gasteiger partial charge in [-0.05, 0) is 73.2 Å². The van der Waals surface area contributed by atoms with Gasteiger partial charge >= 0.3 is 5.97 Å². The molecule has 0 radical (unpaired) electrons. The van der Waals surface area contributed by atoms with E-state index in [-0.39, 0.29) is 12.8 Å². The van der Waals surface area contributed by atoms with E-state index in [9.17, 15) is 18.7 Å². The monoisotopic (exact) mass is 508 g/mol. The molecule has 4 rings (SSSR count). The highest BCUT2D eigenvalue weighted by atomic mass is 32.2. The Morgan fingerprint density at radius 3 is 2.08 bits per heavy atom. The first kappa shape index (κ1) is 25.9. The lowest BCUT2D eigenvalue weighted by atomic mass is 9.86. The SMILES string of the molecule is COc1ccc(-c2ccc(N(S(=O)O)C3(C(=O)O)CCN(CCCc4ccccc4)CC3)cc2)cc1. The van der Waals surface area contributed by atoms with Crippen LogP contribution in [0, 0.1) is 0 Å². The summed E-state index contributed by atoms with van der Waals surface area (Å²) in [7, 11) is 1.61. The summed E-state index contributed by atoms with van der Waals surface area (Å²) in [6.07, 6.45) is 2.47. The predicted molar refractivity (Wildman–Crippen MR) is 142 cm³/mol. The number of aryl methyl sites for hydroxylation is 1. The van der Waals surface area contributed by atoms with Crippen molar-refractivity contribution in [2.45, 2.75) is 31.2 Å². The van der Waals surface area contributed by atoms with Gasteiger partial charge in [0.2, 0.25) is 0 Å².